The van der Waals surface area contributed by atoms with Gasteiger partial charge in [-0.3, -0.25) is 9.59 Å². The molecule has 1 unspecified atom stereocenters. The van der Waals surface area contributed by atoms with E-state index in [1.165, 1.54) is 41.5 Å². The molecule has 1 atom stereocenters. The molecule has 6 nitrogen and oxygen atoms in total. The third kappa shape index (κ3) is 4.63. The molecule has 152 valence electrons. The number of aliphatic hydroxyl groups is 1. The Hall–Kier alpha value is -3.19. The summed E-state index contributed by atoms with van der Waals surface area (Å²) in [6, 6.07) is 8.23. The molecule has 29 heavy (non-hydrogen) atoms. The zero-order chi connectivity index (χ0) is 21.0. The van der Waals surface area contributed by atoms with Crippen molar-refractivity contribution in [1.29, 1.82) is 0 Å². The number of furan rings is 1. The van der Waals surface area contributed by atoms with Crippen LogP contribution in [0.5, 0.6) is 0 Å². The minimum atomic E-state index is -0.853. The molecule has 3 rings (SSSR count). The van der Waals surface area contributed by atoms with Gasteiger partial charge in [0.2, 0.25) is 0 Å². The molecule has 1 amide bonds. The number of aliphatic hydroxyl groups excluding tert-OH is 1. The molecule has 0 saturated heterocycles. The Bertz CT molecular complexity index is 947. The summed E-state index contributed by atoms with van der Waals surface area (Å²) in [7, 11) is 3.83. The molecule has 1 aliphatic rings. The Labute approximate surface area is 168 Å². The van der Waals surface area contributed by atoms with Crippen LogP contribution in [0, 0.1) is 5.82 Å². The van der Waals surface area contributed by atoms with E-state index in [-0.39, 0.29) is 5.57 Å². The zero-order valence-corrected chi connectivity index (χ0v) is 16.3. The van der Waals surface area contributed by atoms with Gasteiger partial charge < -0.3 is 19.3 Å². The van der Waals surface area contributed by atoms with E-state index >= 15 is 0 Å². The molecule has 1 aromatic heterocycles. The number of nitrogens with zero attached hydrogens (tertiary/aromatic N) is 2. The highest BCUT2D eigenvalue weighted by atomic mass is 19.1. The van der Waals surface area contributed by atoms with Gasteiger partial charge in [0.05, 0.1) is 17.9 Å². The molecule has 0 fully saturated rings. The third-order valence-electron chi connectivity index (χ3n) is 4.68. The highest BCUT2D eigenvalue weighted by Crippen LogP contribution is 2.38. The average molecular weight is 398 g/mol. The molecule has 0 radical (unpaired) electrons. The summed E-state index contributed by atoms with van der Waals surface area (Å²) in [5, 5.41) is 10.5. The number of allylic oxidation sites excluding steroid dienone is 1. The van der Waals surface area contributed by atoms with Crippen molar-refractivity contribution < 1.29 is 23.5 Å². The second-order valence-corrected chi connectivity index (χ2v) is 7.09. The number of benzene rings is 1. The minimum absolute atomic E-state index is 0.0618. The van der Waals surface area contributed by atoms with Crippen molar-refractivity contribution in [1.82, 2.24) is 9.80 Å². The monoisotopic (exact) mass is 398 g/mol. The van der Waals surface area contributed by atoms with Gasteiger partial charge in [0, 0.05) is 6.54 Å². The van der Waals surface area contributed by atoms with Gasteiger partial charge in [-0.1, -0.05) is 12.1 Å². The smallest absolute Gasteiger partial charge is 0.290 e. The summed E-state index contributed by atoms with van der Waals surface area (Å²) in [5.74, 6) is -1.77. The molecule has 2 heterocycles. The second kappa shape index (κ2) is 8.87. The van der Waals surface area contributed by atoms with E-state index in [4.69, 9.17) is 4.42 Å². The number of amides is 1. The second-order valence-electron chi connectivity index (χ2n) is 7.09. The summed E-state index contributed by atoms with van der Waals surface area (Å²) in [6.07, 6.45) is 4.82. The quantitative estimate of drug-likeness (QED) is 0.691. The Kier molecular flexibility index (Phi) is 6.29. The molecule has 0 spiro atoms. The van der Waals surface area contributed by atoms with Crippen molar-refractivity contribution in [3.8, 4) is 0 Å². The maximum absolute atomic E-state index is 13.9. The lowest BCUT2D eigenvalue weighted by molar-refractivity contribution is -0.129. The standard InChI is InChI=1S/C22H23FN2O4/c1-24(2)11-5-12-25-20(15-6-3-7-16(23)14-15)19(21(27)22(25)28)18(26)10-9-17-8-4-13-29-17/h3-4,6-10,13-14,20,27H,5,11-12H2,1-2H3/b10-9+. The van der Waals surface area contributed by atoms with E-state index in [0.717, 1.165) is 6.54 Å². The summed E-state index contributed by atoms with van der Waals surface area (Å²) in [5.41, 5.74) is 0.371. The first-order valence-corrected chi connectivity index (χ1v) is 9.28. The van der Waals surface area contributed by atoms with Gasteiger partial charge in [-0.15, -0.1) is 0 Å². The van der Waals surface area contributed by atoms with Gasteiger partial charge in [0.1, 0.15) is 11.6 Å². The van der Waals surface area contributed by atoms with Crippen molar-refractivity contribution in [2.24, 2.45) is 0 Å². The number of halogens is 1. The lowest BCUT2D eigenvalue weighted by Crippen LogP contribution is -2.33. The summed E-state index contributed by atoms with van der Waals surface area (Å²) >= 11 is 0. The molecule has 1 aliphatic heterocycles. The largest absolute Gasteiger partial charge is 0.503 e. The first-order valence-electron chi connectivity index (χ1n) is 9.28. The fourth-order valence-corrected chi connectivity index (χ4v) is 3.35. The van der Waals surface area contributed by atoms with Crippen LogP contribution < -0.4 is 0 Å². The molecule has 0 aliphatic carbocycles. The number of rotatable bonds is 8. The van der Waals surface area contributed by atoms with Crippen molar-refractivity contribution in [3.63, 3.8) is 0 Å². The number of carbonyl (C=O) groups excluding carboxylic acids is 2. The number of hydrogen-bond donors (Lipinski definition) is 1. The number of ketones is 1. The van der Waals surface area contributed by atoms with E-state index in [1.807, 2.05) is 19.0 Å². The van der Waals surface area contributed by atoms with Gasteiger partial charge in [-0.2, -0.15) is 0 Å². The lowest BCUT2D eigenvalue weighted by Gasteiger charge is -2.27. The first kappa shape index (κ1) is 20.5. The molecule has 1 N–H and O–H groups in total. The van der Waals surface area contributed by atoms with Crippen LogP contribution in [0.15, 0.2) is 64.5 Å². The Morgan fingerprint density at radius 2 is 2.10 bits per heavy atom. The molecule has 0 saturated carbocycles. The van der Waals surface area contributed by atoms with E-state index in [9.17, 15) is 19.1 Å². The average Bonchev–Trinajstić information content (AvgIpc) is 3.28. The summed E-state index contributed by atoms with van der Waals surface area (Å²) in [6.45, 7) is 1.04. The predicted octanol–water partition coefficient (Wildman–Crippen LogP) is 3.35. The molecule has 7 heteroatoms. The Morgan fingerprint density at radius 1 is 1.31 bits per heavy atom. The van der Waals surface area contributed by atoms with Gasteiger partial charge in [0.25, 0.3) is 5.91 Å². The zero-order valence-electron chi connectivity index (χ0n) is 16.3. The van der Waals surface area contributed by atoms with Crippen LogP contribution in [0.1, 0.15) is 23.8 Å². The van der Waals surface area contributed by atoms with E-state index in [2.05, 4.69) is 0 Å². The van der Waals surface area contributed by atoms with Gasteiger partial charge in [-0.05, 0) is 69.0 Å². The molecular weight excluding hydrogens is 375 g/mol. The van der Waals surface area contributed by atoms with Gasteiger partial charge >= 0.3 is 0 Å². The van der Waals surface area contributed by atoms with Crippen LogP contribution in [0.3, 0.4) is 0 Å². The molecule has 1 aromatic carbocycles. The Morgan fingerprint density at radius 3 is 2.76 bits per heavy atom. The fraction of sp³-hybridized carbons (Fsp3) is 0.273. The minimum Gasteiger partial charge on any atom is -0.503 e. The maximum atomic E-state index is 13.9. The van der Waals surface area contributed by atoms with Crippen LogP contribution >= 0.6 is 0 Å². The topological polar surface area (TPSA) is 74.0 Å². The molecular formula is C22H23FN2O4. The summed E-state index contributed by atoms with van der Waals surface area (Å²) in [4.78, 5) is 29.0. The normalized spacial score (nSPS) is 17.2. The lowest BCUT2D eigenvalue weighted by atomic mass is 9.95. The fourth-order valence-electron chi connectivity index (χ4n) is 3.35. The highest BCUT2D eigenvalue weighted by molar-refractivity contribution is 6.14. The van der Waals surface area contributed by atoms with Crippen LogP contribution in [0.25, 0.3) is 6.08 Å². The van der Waals surface area contributed by atoms with Gasteiger partial charge in [-0.25, -0.2) is 4.39 Å². The van der Waals surface area contributed by atoms with Crippen molar-refractivity contribution in [2.45, 2.75) is 12.5 Å². The van der Waals surface area contributed by atoms with Crippen LogP contribution in [0.2, 0.25) is 0 Å². The predicted molar refractivity (Wildman–Crippen MR) is 106 cm³/mol. The number of hydrogen-bond acceptors (Lipinski definition) is 5. The molecule has 2 aromatic rings. The van der Waals surface area contributed by atoms with Crippen molar-refractivity contribution in [3.05, 3.63) is 77.2 Å². The van der Waals surface area contributed by atoms with Crippen molar-refractivity contribution >= 4 is 17.8 Å². The Balaban J connectivity index is 1.94. The van der Waals surface area contributed by atoms with Crippen LogP contribution in [-0.4, -0.2) is 53.8 Å². The van der Waals surface area contributed by atoms with Gasteiger partial charge in [0.15, 0.2) is 11.5 Å². The molecule has 0 bridgehead atoms. The van der Waals surface area contributed by atoms with Crippen LogP contribution in [0.4, 0.5) is 4.39 Å². The van der Waals surface area contributed by atoms with Crippen LogP contribution in [-0.2, 0) is 9.59 Å². The maximum Gasteiger partial charge on any atom is 0.290 e. The SMILES string of the molecule is CN(C)CCCN1C(=O)C(O)=C(C(=O)/C=C/c2ccco2)C1c1cccc(F)c1. The van der Waals surface area contributed by atoms with Crippen molar-refractivity contribution in [2.75, 3.05) is 27.2 Å². The first-order chi connectivity index (χ1) is 13.9. The van der Waals surface area contributed by atoms with E-state index in [0.29, 0.717) is 24.3 Å². The van der Waals surface area contributed by atoms with E-state index < -0.39 is 29.3 Å². The summed E-state index contributed by atoms with van der Waals surface area (Å²) < 4.78 is 19.0. The number of carbonyl (C=O) groups is 2. The third-order valence-corrected chi connectivity index (χ3v) is 4.68. The van der Waals surface area contributed by atoms with E-state index in [1.54, 1.807) is 18.2 Å². The highest BCUT2D eigenvalue weighted by Gasteiger charge is 2.42.